The number of aryl methyl sites for hydroxylation is 1. The summed E-state index contributed by atoms with van der Waals surface area (Å²) in [7, 11) is -1.66. The fourth-order valence-corrected chi connectivity index (χ4v) is 5.31. The van der Waals surface area contributed by atoms with Crippen molar-refractivity contribution in [3.63, 3.8) is 0 Å². The van der Waals surface area contributed by atoms with Crippen LogP contribution in [0.4, 0.5) is 4.39 Å². The van der Waals surface area contributed by atoms with Gasteiger partial charge in [-0.1, -0.05) is 17.7 Å². The molecule has 0 unspecified atom stereocenters. The Morgan fingerprint density at radius 2 is 1.89 bits per heavy atom. The average molecular weight is 386 g/mol. The van der Waals surface area contributed by atoms with Crippen LogP contribution >= 0.6 is 0 Å². The number of hydrogen-bond donors (Lipinski definition) is 0. The van der Waals surface area contributed by atoms with Crippen LogP contribution in [0.15, 0.2) is 53.6 Å². The van der Waals surface area contributed by atoms with Crippen LogP contribution in [0.25, 0.3) is 10.9 Å². The van der Waals surface area contributed by atoms with Gasteiger partial charge < -0.3 is 4.90 Å². The zero-order valence-corrected chi connectivity index (χ0v) is 16.3. The van der Waals surface area contributed by atoms with Crippen molar-refractivity contribution < 1.29 is 12.8 Å². The topological polar surface area (TPSA) is 42.3 Å². The number of benzene rings is 2. The molecule has 1 fully saturated rings. The van der Waals surface area contributed by atoms with Gasteiger partial charge in [-0.2, -0.15) is 0 Å². The summed E-state index contributed by atoms with van der Waals surface area (Å²) in [6.07, 6.45) is 4.59. The van der Waals surface area contributed by atoms with Gasteiger partial charge in [0.1, 0.15) is 5.82 Å². The van der Waals surface area contributed by atoms with Crippen molar-refractivity contribution in [3.8, 4) is 0 Å². The fraction of sp³-hybridized carbons (Fsp3) is 0.333. The van der Waals surface area contributed by atoms with Gasteiger partial charge in [0.2, 0.25) is 0 Å². The van der Waals surface area contributed by atoms with Gasteiger partial charge in [-0.25, -0.2) is 16.8 Å². The van der Waals surface area contributed by atoms with Crippen molar-refractivity contribution in [2.45, 2.75) is 37.1 Å². The number of halogens is 1. The van der Waals surface area contributed by atoms with Gasteiger partial charge in [0, 0.05) is 17.6 Å². The van der Waals surface area contributed by atoms with Crippen molar-refractivity contribution >= 4 is 20.9 Å². The maximum atomic E-state index is 13.9. The summed E-state index contributed by atoms with van der Waals surface area (Å²) in [4.78, 5) is 2.52. The molecule has 0 saturated carbocycles. The summed E-state index contributed by atoms with van der Waals surface area (Å²) in [6, 6.07) is 11.5. The molecule has 3 aromatic rings. The van der Waals surface area contributed by atoms with Crippen molar-refractivity contribution in [3.05, 3.63) is 65.6 Å². The van der Waals surface area contributed by atoms with Crippen LogP contribution in [-0.4, -0.2) is 36.9 Å². The van der Waals surface area contributed by atoms with E-state index in [1.807, 2.05) is 6.92 Å². The molecule has 0 amide bonds. The molecular formula is C21H23FN2O2S. The molecular weight excluding hydrogens is 363 g/mol. The molecule has 2 heterocycles. The quantitative estimate of drug-likeness (QED) is 0.682. The molecule has 0 spiro atoms. The van der Waals surface area contributed by atoms with Crippen molar-refractivity contribution in [1.29, 1.82) is 0 Å². The number of likely N-dealkylation sites (tertiary alicyclic amines) is 1. The van der Waals surface area contributed by atoms with Crippen molar-refractivity contribution in [2.24, 2.45) is 0 Å². The second-order valence-electron chi connectivity index (χ2n) is 7.41. The van der Waals surface area contributed by atoms with Crippen LogP contribution in [0.3, 0.4) is 0 Å². The molecule has 2 aromatic carbocycles. The van der Waals surface area contributed by atoms with Crippen molar-refractivity contribution in [2.75, 3.05) is 13.6 Å². The SMILES string of the molecule is Cc1ccc(S(=O)(=O)n2cc(C[C@H]3CCCN3C)c3cc(F)ccc32)cc1. The molecule has 1 aliphatic rings. The van der Waals surface area contributed by atoms with Crippen LogP contribution < -0.4 is 0 Å². The number of rotatable bonds is 4. The van der Waals surface area contributed by atoms with E-state index < -0.39 is 10.0 Å². The summed E-state index contributed by atoms with van der Waals surface area (Å²) in [6.45, 7) is 2.96. The molecule has 0 aliphatic carbocycles. The first-order valence-corrected chi connectivity index (χ1v) is 10.6. The Labute approximate surface area is 159 Å². The summed E-state index contributed by atoms with van der Waals surface area (Å²) in [5, 5.41) is 0.672. The third-order valence-electron chi connectivity index (χ3n) is 5.52. The Kier molecular flexibility index (Phi) is 4.56. The largest absolute Gasteiger partial charge is 0.303 e. The number of nitrogens with zero attached hydrogens (tertiary/aromatic N) is 2. The Hall–Kier alpha value is -2.18. The van der Waals surface area contributed by atoms with E-state index in [4.69, 9.17) is 0 Å². The highest BCUT2D eigenvalue weighted by Gasteiger charge is 2.26. The normalized spacial score (nSPS) is 18.4. The predicted molar refractivity (Wildman–Crippen MR) is 105 cm³/mol. The molecule has 1 aliphatic heterocycles. The van der Waals surface area contributed by atoms with E-state index in [-0.39, 0.29) is 10.7 Å². The van der Waals surface area contributed by atoms with E-state index in [0.717, 1.165) is 30.5 Å². The first-order valence-electron chi connectivity index (χ1n) is 9.18. The van der Waals surface area contributed by atoms with E-state index in [2.05, 4.69) is 11.9 Å². The van der Waals surface area contributed by atoms with Gasteiger partial charge >= 0.3 is 0 Å². The van der Waals surface area contributed by atoms with Gasteiger partial charge in [0.05, 0.1) is 10.4 Å². The molecule has 27 heavy (non-hydrogen) atoms. The van der Waals surface area contributed by atoms with Crippen LogP contribution in [0.5, 0.6) is 0 Å². The van der Waals surface area contributed by atoms with Crippen molar-refractivity contribution in [1.82, 2.24) is 8.87 Å². The maximum Gasteiger partial charge on any atom is 0.268 e. The number of aromatic nitrogens is 1. The van der Waals surface area contributed by atoms with E-state index in [0.29, 0.717) is 23.4 Å². The Morgan fingerprint density at radius 1 is 1.15 bits per heavy atom. The van der Waals surface area contributed by atoms with Gasteiger partial charge in [-0.3, -0.25) is 0 Å². The summed E-state index contributed by atoms with van der Waals surface area (Å²) < 4.78 is 41.6. The van der Waals surface area contributed by atoms with Crippen LogP contribution in [0, 0.1) is 12.7 Å². The third-order valence-corrected chi connectivity index (χ3v) is 7.21. The minimum atomic E-state index is -3.74. The number of hydrogen-bond acceptors (Lipinski definition) is 3. The first kappa shape index (κ1) is 18.2. The summed E-state index contributed by atoms with van der Waals surface area (Å²) in [5.41, 5.74) is 2.39. The van der Waals surface area contributed by atoms with Crippen LogP contribution in [0.2, 0.25) is 0 Å². The number of likely N-dealkylation sites (N-methyl/N-ethyl adjacent to an activating group) is 1. The lowest BCUT2D eigenvalue weighted by atomic mass is 10.0. The second-order valence-corrected chi connectivity index (χ2v) is 9.23. The molecule has 0 radical (unpaired) electrons. The molecule has 0 bridgehead atoms. The van der Waals surface area contributed by atoms with E-state index in [9.17, 15) is 12.8 Å². The molecule has 6 heteroatoms. The van der Waals surface area contributed by atoms with Gasteiger partial charge in [-0.15, -0.1) is 0 Å². The average Bonchev–Trinajstić information content (AvgIpc) is 3.20. The summed E-state index contributed by atoms with van der Waals surface area (Å²) in [5.74, 6) is -0.353. The molecule has 142 valence electrons. The van der Waals surface area contributed by atoms with Crippen LogP contribution in [0.1, 0.15) is 24.0 Å². The van der Waals surface area contributed by atoms with E-state index >= 15 is 0 Å². The zero-order valence-electron chi connectivity index (χ0n) is 15.5. The molecule has 1 atom stereocenters. The third kappa shape index (κ3) is 3.28. The monoisotopic (exact) mass is 386 g/mol. The molecule has 4 nitrogen and oxygen atoms in total. The molecule has 1 saturated heterocycles. The minimum absolute atomic E-state index is 0.235. The highest BCUT2D eigenvalue weighted by Crippen LogP contribution is 2.30. The smallest absolute Gasteiger partial charge is 0.268 e. The zero-order chi connectivity index (χ0) is 19.2. The fourth-order valence-electron chi connectivity index (χ4n) is 3.91. The van der Waals surface area contributed by atoms with E-state index in [1.54, 1.807) is 36.5 Å². The lowest BCUT2D eigenvalue weighted by molar-refractivity contribution is 0.310. The molecule has 0 N–H and O–H groups in total. The highest BCUT2D eigenvalue weighted by molar-refractivity contribution is 7.90. The Morgan fingerprint density at radius 3 is 2.56 bits per heavy atom. The minimum Gasteiger partial charge on any atom is -0.303 e. The Bertz CT molecular complexity index is 1090. The molecule has 1 aromatic heterocycles. The van der Waals surface area contributed by atoms with Gasteiger partial charge in [-0.05, 0) is 75.7 Å². The maximum absolute atomic E-state index is 13.9. The van der Waals surface area contributed by atoms with E-state index in [1.165, 1.54) is 16.1 Å². The van der Waals surface area contributed by atoms with Gasteiger partial charge in [0.25, 0.3) is 10.0 Å². The molecule has 4 rings (SSSR count). The van der Waals surface area contributed by atoms with Gasteiger partial charge in [0.15, 0.2) is 0 Å². The highest BCUT2D eigenvalue weighted by atomic mass is 32.2. The lowest BCUT2D eigenvalue weighted by Crippen LogP contribution is -2.26. The summed E-state index contributed by atoms with van der Waals surface area (Å²) >= 11 is 0. The van der Waals surface area contributed by atoms with Crippen LogP contribution in [-0.2, 0) is 16.4 Å². The standard InChI is InChI=1S/C21H23FN2O2S/c1-15-5-8-19(9-6-15)27(25,26)24-14-16(12-18-4-3-11-23(18)2)20-13-17(22)7-10-21(20)24/h5-10,13-14,18H,3-4,11-12H2,1-2H3/t18-/m1/s1. The predicted octanol–water partition coefficient (Wildman–Crippen LogP) is 3.96. The Balaban J connectivity index is 1.84. The second kappa shape index (κ2) is 6.77. The lowest BCUT2D eigenvalue weighted by Gasteiger charge is -2.18. The number of fused-ring (bicyclic) bond motifs is 1. The first-order chi connectivity index (χ1) is 12.9.